The maximum Gasteiger partial charge on any atom is 0.271 e. The van der Waals surface area contributed by atoms with Crippen LogP contribution in [0.15, 0.2) is 12.0 Å². The van der Waals surface area contributed by atoms with Crippen molar-refractivity contribution in [2.45, 2.75) is 10.2 Å². The monoisotopic (exact) mass is 190 g/mol. The Labute approximate surface area is 67.6 Å². The third kappa shape index (κ3) is 4.70. The Balaban J connectivity index is 3.76. The van der Waals surface area contributed by atoms with E-state index >= 15 is 0 Å². The van der Waals surface area contributed by atoms with Gasteiger partial charge in [0.15, 0.2) is 0 Å². The van der Waals surface area contributed by atoms with Crippen molar-refractivity contribution in [1.82, 2.24) is 0 Å². The molecule has 0 aromatic rings. The van der Waals surface area contributed by atoms with E-state index in [1.807, 2.05) is 0 Å². The number of halogens is 3. The number of rotatable bonds is 2. The quantitative estimate of drug-likeness (QED) is 0.520. The van der Waals surface area contributed by atoms with Crippen molar-refractivity contribution in [3.8, 4) is 0 Å². The van der Waals surface area contributed by atoms with Crippen LogP contribution >= 0.6 is 34.8 Å². The van der Waals surface area contributed by atoms with E-state index in [9.17, 15) is 0 Å². The molecule has 5 heteroatoms. The number of alkyl halides is 3. The number of allylic oxidation sites excluding steroid dienone is 1. The van der Waals surface area contributed by atoms with Gasteiger partial charge in [-0.05, 0) is 0 Å². The fourth-order valence-electron chi connectivity index (χ4n) is 0.215. The van der Waals surface area contributed by atoms with E-state index in [-0.39, 0.29) is 0 Å². The van der Waals surface area contributed by atoms with Crippen LogP contribution in [0.3, 0.4) is 0 Å². The first-order valence-corrected chi connectivity index (χ1v) is 3.37. The highest BCUT2D eigenvalue weighted by Gasteiger charge is 2.10. The molecule has 1 unspecified atom stereocenters. The van der Waals surface area contributed by atoms with E-state index in [1.54, 1.807) is 0 Å². The van der Waals surface area contributed by atoms with E-state index in [1.165, 1.54) is 0 Å². The van der Waals surface area contributed by atoms with Gasteiger partial charge in [-0.15, -0.1) is 34.8 Å². The summed E-state index contributed by atoms with van der Waals surface area (Å²) in [5.74, 6) is -0.874. The first-order valence-electron chi connectivity index (χ1n) is 2.06. The third-order valence-electron chi connectivity index (χ3n) is 0.549. The highest BCUT2D eigenvalue weighted by Crippen LogP contribution is 2.15. The Kier molecular flexibility index (Phi) is 4.19. The maximum atomic E-state index is 8.19. The van der Waals surface area contributed by atoms with Gasteiger partial charge in [-0.25, -0.2) is 0 Å². The molecule has 0 aromatic carbocycles. The molecular weight excluding hydrogens is 186 g/mol. The number of hydrogen-bond donors (Lipinski definition) is 2. The Morgan fingerprint density at radius 2 is 1.67 bits per heavy atom. The highest BCUT2D eigenvalue weighted by atomic mass is 35.5. The Hall–Kier alpha value is 0.210. The first kappa shape index (κ1) is 9.21. The molecule has 0 radical (unpaired) electrons. The predicted octanol–water partition coefficient (Wildman–Crippen LogP) is 2.35. The van der Waals surface area contributed by atoms with E-state index < -0.39 is 16.2 Å². The lowest BCUT2D eigenvalue weighted by Crippen LogP contribution is -2.05. The second kappa shape index (κ2) is 4.09. The second-order valence-electron chi connectivity index (χ2n) is 1.30. The normalized spacial score (nSPS) is 13.3. The maximum absolute atomic E-state index is 8.19. The van der Waals surface area contributed by atoms with Crippen LogP contribution in [0.5, 0.6) is 0 Å². The molecule has 2 N–H and O–H groups in total. The van der Waals surface area contributed by atoms with Gasteiger partial charge in [0.1, 0.15) is 4.84 Å². The van der Waals surface area contributed by atoms with Crippen LogP contribution in [0.4, 0.5) is 0 Å². The van der Waals surface area contributed by atoms with Gasteiger partial charge in [0, 0.05) is 6.08 Å². The van der Waals surface area contributed by atoms with Gasteiger partial charge in [0.2, 0.25) is 0 Å². The molecule has 54 valence electrons. The lowest BCUT2D eigenvalue weighted by molar-refractivity contribution is 0.189. The molecule has 9 heavy (non-hydrogen) atoms. The SMILES string of the molecule is OC(O)=CC(Cl)C(Cl)Cl. The average Bonchev–Trinajstić information content (AvgIpc) is 1.63. The second-order valence-corrected chi connectivity index (χ2v) is 2.97. The third-order valence-corrected chi connectivity index (χ3v) is 1.73. The largest absolute Gasteiger partial charge is 0.481 e. The summed E-state index contributed by atoms with van der Waals surface area (Å²) in [5.41, 5.74) is 0. The number of aliphatic hydroxyl groups is 2. The molecule has 0 aromatic heterocycles. The van der Waals surface area contributed by atoms with Crippen LogP contribution < -0.4 is 0 Å². The summed E-state index contributed by atoms with van der Waals surface area (Å²) >= 11 is 15.8. The topological polar surface area (TPSA) is 40.5 Å². The molecular formula is C4H5Cl3O2. The van der Waals surface area contributed by atoms with Crippen LogP contribution in [-0.2, 0) is 0 Å². The molecule has 0 fully saturated rings. The molecule has 0 aliphatic carbocycles. The molecule has 0 aliphatic heterocycles. The first-order chi connectivity index (χ1) is 4.04. The average molecular weight is 191 g/mol. The molecule has 0 saturated carbocycles. The Morgan fingerprint density at radius 3 is 1.78 bits per heavy atom. The van der Waals surface area contributed by atoms with Crippen LogP contribution in [0.1, 0.15) is 0 Å². The molecule has 1 atom stereocenters. The van der Waals surface area contributed by atoms with Crippen molar-refractivity contribution in [2.24, 2.45) is 0 Å². The molecule has 0 bridgehead atoms. The summed E-state index contributed by atoms with van der Waals surface area (Å²) in [6.07, 6.45) is 0.937. The number of hydrogen-bond acceptors (Lipinski definition) is 2. The minimum Gasteiger partial charge on any atom is -0.481 e. The summed E-state index contributed by atoms with van der Waals surface area (Å²) < 4.78 is 0. The highest BCUT2D eigenvalue weighted by molar-refractivity contribution is 6.48. The van der Waals surface area contributed by atoms with Crippen molar-refractivity contribution in [1.29, 1.82) is 0 Å². The fraction of sp³-hybridized carbons (Fsp3) is 0.500. The minimum absolute atomic E-state index is 0.765. The van der Waals surface area contributed by atoms with Crippen molar-refractivity contribution >= 4 is 34.8 Å². The smallest absolute Gasteiger partial charge is 0.271 e. The van der Waals surface area contributed by atoms with E-state index in [0.29, 0.717) is 0 Å². The Bertz CT molecular complexity index is 108. The van der Waals surface area contributed by atoms with Gasteiger partial charge in [0.05, 0.1) is 5.38 Å². The van der Waals surface area contributed by atoms with E-state index in [4.69, 9.17) is 45.0 Å². The van der Waals surface area contributed by atoms with Crippen molar-refractivity contribution < 1.29 is 10.2 Å². The fourth-order valence-corrected chi connectivity index (χ4v) is 0.473. The predicted molar refractivity (Wildman–Crippen MR) is 38.5 cm³/mol. The molecule has 0 rings (SSSR count). The van der Waals surface area contributed by atoms with Crippen LogP contribution in [0.2, 0.25) is 0 Å². The zero-order chi connectivity index (χ0) is 7.44. The van der Waals surface area contributed by atoms with Crippen molar-refractivity contribution in [2.75, 3.05) is 0 Å². The van der Waals surface area contributed by atoms with E-state index in [0.717, 1.165) is 6.08 Å². The van der Waals surface area contributed by atoms with Gasteiger partial charge in [-0.2, -0.15) is 0 Å². The molecule has 0 aliphatic rings. The minimum atomic E-state index is -0.874. The lowest BCUT2D eigenvalue weighted by Gasteiger charge is -2.01. The van der Waals surface area contributed by atoms with Crippen molar-refractivity contribution in [3.63, 3.8) is 0 Å². The summed E-state index contributed by atoms with van der Waals surface area (Å²) in [4.78, 5) is -0.832. The standard InChI is InChI=1S/C4H5Cl3O2/c5-2(4(6)7)1-3(8)9/h1-2,4,8-9H. The summed E-state index contributed by atoms with van der Waals surface area (Å²) in [7, 11) is 0. The lowest BCUT2D eigenvalue weighted by atomic mass is 10.4. The molecule has 0 heterocycles. The van der Waals surface area contributed by atoms with Crippen LogP contribution in [-0.4, -0.2) is 20.4 Å². The molecule has 0 spiro atoms. The summed E-state index contributed by atoms with van der Waals surface area (Å²) in [6.45, 7) is 0. The summed E-state index contributed by atoms with van der Waals surface area (Å²) in [5, 5.41) is 15.6. The van der Waals surface area contributed by atoms with Gasteiger partial charge in [0.25, 0.3) is 5.95 Å². The zero-order valence-corrected chi connectivity index (χ0v) is 6.53. The van der Waals surface area contributed by atoms with Crippen molar-refractivity contribution in [3.05, 3.63) is 12.0 Å². The van der Waals surface area contributed by atoms with Crippen LogP contribution in [0.25, 0.3) is 0 Å². The zero-order valence-electron chi connectivity index (χ0n) is 4.26. The summed E-state index contributed by atoms with van der Waals surface area (Å²) in [6, 6.07) is 0. The van der Waals surface area contributed by atoms with Gasteiger partial charge >= 0.3 is 0 Å². The van der Waals surface area contributed by atoms with Crippen LogP contribution in [0, 0.1) is 0 Å². The molecule has 0 amide bonds. The molecule has 2 nitrogen and oxygen atoms in total. The molecule has 0 saturated heterocycles. The number of aliphatic hydroxyl groups excluding tert-OH is 1. The Morgan fingerprint density at radius 1 is 1.22 bits per heavy atom. The van der Waals surface area contributed by atoms with Gasteiger partial charge in [-0.1, -0.05) is 0 Å². The van der Waals surface area contributed by atoms with E-state index in [2.05, 4.69) is 0 Å². The van der Waals surface area contributed by atoms with Gasteiger partial charge in [-0.3, -0.25) is 0 Å². The van der Waals surface area contributed by atoms with Gasteiger partial charge < -0.3 is 10.2 Å².